The van der Waals surface area contributed by atoms with Gasteiger partial charge in [0.1, 0.15) is 11.5 Å². The molecule has 24 heavy (non-hydrogen) atoms. The summed E-state index contributed by atoms with van der Waals surface area (Å²) < 4.78 is 13.1. The van der Waals surface area contributed by atoms with Gasteiger partial charge in [-0.2, -0.15) is 0 Å². The van der Waals surface area contributed by atoms with Gasteiger partial charge in [0.05, 0.1) is 16.4 Å². The molecule has 0 aromatic heterocycles. The van der Waals surface area contributed by atoms with Gasteiger partial charge in [0.15, 0.2) is 0 Å². The zero-order chi connectivity index (χ0) is 17.3. The molecule has 124 valence electrons. The van der Waals surface area contributed by atoms with E-state index >= 15 is 0 Å². The van der Waals surface area contributed by atoms with Gasteiger partial charge in [-0.1, -0.05) is 23.7 Å². The number of carbonyl (C=O) groups is 1. The molecular formula is C17H16ClFN4O. The van der Waals surface area contributed by atoms with Gasteiger partial charge in [-0.3, -0.25) is 15.2 Å². The van der Waals surface area contributed by atoms with Gasteiger partial charge in [0.25, 0.3) is 5.91 Å². The predicted octanol–water partition coefficient (Wildman–Crippen LogP) is 3.58. The van der Waals surface area contributed by atoms with E-state index in [1.54, 1.807) is 41.4 Å². The SMILES string of the molecule is CC1(C)N=C(C(=O)Nc2ccccc2Cl)NN1c1ccc(F)cc1. The molecule has 7 heteroatoms. The molecule has 0 radical (unpaired) electrons. The number of para-hydroxylation sites is 1. The molecule has 3 rings (SSSR count). The van der Waals surface area contributed by atoms with Crippen LogP contribution in [-0.2, 0) is 4.79 Å². The minimum atomic E-state index is -0.703. The number of rotatable bonds is 3. The zero-order valence-electron chi connectivity index (χ0n) is 13.2. The van der Waals surface area contributed by atoms with E-state index in [0.717, 1.165) is 0 Å². The monoisotopic (exact) mass is 346 g/mol. The van der Waals surface area contributed by atoms with Crippen molar-refractivity contribution in [2.75, 3.05) is 10.3 Å². The number of amidine groups is 1. The minimum absolute atomic E-state index is 0.157. The summed E-state index contributed by atoms with van der Waals surface area (Å²) in [4.78, 5) is 16.8. The second kappa shape index (κ2) is 6.13. The van der Waals surface area contributed by atoms with E-state index < -0.39 is 11.6 Å². The maximum Gasteiger partial charge on any atom is 0.292 e. The van der Waals surface area contributed by atoms with Crippen LogP contribution in [0.2, 0.25) is 5.02 Å². The maximum atomic E-state index is 13.1. The highest BCUT2D eigenvalue weighted by Gasteiger charge is 2.36. The lowest BCUT2D eigenvalue weighted by Crippen LogP contribution is -2.48. The first-order valence-corrected chi connectivity index (χ1v) is 7.73. The standard InChI is InChI=1S/C17H16ClFN4O/c1-17(2)21-15(16(24)20-14-6-4-3-5-13(14)18)22-23(17)12-9-7-11(19)8-10-12/h3-10H,1-2H3,(H,20,24)(H,21,22). The number of anilines is 2. The van der Waals surface area contributed by atoms with E-state index in [9.17, 15) is 9.18 Å². The van der Waals surface area contributed by atoms with Crippen LogP contribution in [0.25, 0.3) is 0 Å². The molecule has 2 N–H and O–H groups in total. The van der Waals surface area contributed by atoms with Crippen LogP contribution in [0.1, 0.15) is 13.8 Å². The molecule has 0 aliphatic carbocycles. The van der Waals surface area contributed by atoms with Crippen LogP contribution in [0.5, 0.6) is 0 Å². The summed E-state index contributed by atoms with van der Waals surface area (Å²) in [6, 6.07) is 12.9. The molecule has 0 saturated heterocycles. The largest absolute Gasteiger partial charge is 0.318 e. The Bertz CT molecular complexity index is 804. The van der Waals surface area contributed by atoms with Crippen LogP contribution in [-0.4, -0.2) is 17.4 Å². The first-order chi connectivity index (χ1) is 11.4. The Balaban J connectivity index is 1.79. The normalized spacial score (nSPS) is 15.7. The van der Waals surface area contributed by atoms with Crippen LogP contribution in [0.15, 0.2) is 53.5 Å². The molecule has 0 saturated carbocycles. The Morgan fingerprint density at radius 3 is 2.54 bits per heavy atom. The van der Waals surface area contributed by atoms with Crippen LogP contribution < -0.4 is 15.8 Å². The van der Waals surface area contributed by atoms with Gasteiger partial charge in [-0.25, -0.2) is 9.38 Å². The second-order valence-electron chi connectivity index (χ2n) is 5.81. The van der Waals surface area contributed by atoms with E-state index in [4.69, 9.17) is 11.6 Å². The van der Waals surface area contributed by atoms with Crippen molar-refractivity contribution >= 4 is 34.7 Å². The van der Waals surface area contributed by atoms with Crippen molar-refractivity contribution < 1.29 is 9.18 Å². The van der Waals surface area contributed by atoms with Crippen molar-refractivity contribution in [1.82, 2.24) is 5.43 Å². The summed E-state index contributed by atoms with van der Waals surface area (Å²) in [6.45, 7) is 3.69. The number of hydrogen-bond donors (Lipinski definition) is 2. The summed E-state index contributed by atoms with van der Waals surface area (Å²) >= 11 is 6.05. The summed E-state index contributed by atoms with van der Waals surface area (Å²) in [5.74, 6) is -0.571. The summed E-state index contributed by atoms with van der Waals surface area (Å²) in [5.41, 5.74) is 3.46. The number of hydrazine groups is 1. The zero-order valence-corrected chi connectivity index (χ0v) is 13.9. The first-order valence-electron chi connectivity index (χ1n) is 7.35. The van der Waals surface area contributed by atoms with E-state index in [0.29, 0.717) is 16.4 Å². The molecule has 0 bridgehead atoms. The fourth-order valence-corrected chi connectivity index (χ4v) is 2.59. The van der Waals surface area contributed by atoms with Crippen LogP contribution >= 0.6 is 11.6 Å². The highest BCUT2D eigenvalue weighted by molar-refractivity contribution is 6.44. The average molecular weight is 347 g/mol. The minimum Gasteiger partial charge on any atom is -0.318 e. The Labute approximate surface area is 144 Å². The highest BCUT2D eigenvalue weighted by atomic mass is 35.5. The number of hydrogen-bond acceptors (Lipinski definition) is 4. The molecule has 1 amide bonds. The molecule has 0 atom stereocenters. The number of benzene rings is 2. The van der Waals surface area contributed by atoms with Gasteiger partial charge in [0, 0.05) is 0 Å². The number of aliphatic imine (C=N–C) groups is 1. The number of amides is 1. The third kappa shape index (κ3) is 3.19. The third-order valence-electron chi connectivity index (χ3n) is 3.57. The van der Waals surface area contributed by atoms with Crippen molar-refractivity contribution in [2.45, 2.75) is 19.5 Å². The summed E-state index contributed by atoms with van der Waals surface area (Å²) in [6.07, 6.45) is 0. The molecule has 2 aromatic rings. The third-order valence-corrected chi connectivity index (χ3v) is 3.90. The molecule has 1 heterocycles. The number of nitrogens with one attached hydrogen (secondary N) is 2. The molecule has 1 aliphatic heterocycles. The lowest BCUT2D eigenvalue weighted by atomic mass is 10.2. The number of halogens is 2. The molecule has 0 spiro atoms. The van der Waals surface area contributed by atoms with Crippen molar-refractivity contribution in [1.29, 1.82) is 0 Å². The second-order valence-corrected chi connectivity index (χ2v) is 6.22. The Kier molecular flexibility index (Phi) is 4.15. The molecule has 0 fully saturated rings. The van der Waals surface area contributed by atoms with Gasteiger partial charge in [-0.05, 0) is 50.2 Å². The van der Waals surface area contributed by atoms with E-state index in [2.05, 4.69) is 15.7 Å². The van der Waals surface area contributed by atoms with Gasteiger partial charge >= 0.3 is 0 Å². The van der Waals surface area contributed by atoms with Gasteiger partial charge < -0.3 is 5.32 Å². The highest BCUT2D eigenvalue weighted by Crippen LogP contribution is 2.27. The Morgan fingerprint density at radius 2 is 1.88 bits per heavy atom. The summed E-state index contributed by atoms with van der Waals surface area (Å²) in [7, 11) is 0. The van der Waals surface area contributed by atoms with Crippen LogP contribution in [0.4, 0.5) is 15.8 Å². The van der Waals surface area contributed by atoms with E-state index in [1.165, 1.54) is 12.1 Å². The van der Waals surface area contributed by atoms with Gasteiger partial charge in [-0.15, -0.1) is 0 Å². The van der Waals surface area contributed by atoms with Crippen molar-refractivity contribution in [3.8, 4) is 0 Å². The predicted molar refractivity (Wildman–Crippen MR) is 93.6 cm³/mol. The Hall–Kier alpha value is -2.60. The van der Waals surface area contributed by atoms with E-state index in [-0.39, 0.29) is 11.7 Å². The molecule has 5 nitrogen and oxygen atoms in total. The molecule has 0 unspecified atom stereocenters. The molecule has 1 aliphatic rings. The smallest absolute Gasteiger partial charge is 0.292 e. The van der Waals surface area contributed by atoms with Crippen molar-refractivity contribution in [3.05, 3.63) is 59.4 Å². The first kappa shape index (κ1) is 16.3. The van der Waals surface area contributed by atoms with E-state index in [1.807, 2.05) is 13.8 Å². The topological polar surface area (TPSA) is 56.7 Å². The average Bonchev–Trinajstić information content (AvgIpc) is 2.86. The fraction of sp³-hybridized carbons (Fsp3) is 0.176. The lowest BCUT2D eigenvalue weighted by Gasteiger charge is -2.30. The van der Waals surface area contributed by atoms with Crippen LogP contribution in [0, 0.1) is 5.82 Å². The molecule has 2 aromatic carbocycles. The van der Waals surface area contributed by atoms with Crippen molar-refractivity contribution in [3.63, 3.8) is 0 Å². The van der Waals surface area contributed by atoms with Crippen molar-refractivity contribution in [2.24, 2.45) is 4.99 Å². The van der Waals surface area contributed by atoms with Crippen LogP contribution in [0.3, 0.4) is 0 Å². The number of carbonyl (C=O) groups excluding carboxylic acids is 1. The summed E-state index contributed by atoms with van der Waals surface area (Å²) in [5, 5.41) is 4.87. The molecular weight excluding hydrogens is 331 g/mol. The lowest BCUT2D eigenvalue weighted by molar-refractivity contribution is -0.110. The fourth-order valence-electron chi connectivity index (χ4n) is 2.41. The van der Waals surface area contributed by atoms with Gasteiger partial charge in [0.2, 0.25) is 5.84 Å². The quantitative estimate of drug-likeness (QED) is 0.893. The Morgan fingerprint density at radius 1 is 1.21 bits per heavy atom. The number of nitrogens with zero attached hydrogens (tertiary/aromatic N) is 2. The maximum absolute atomic E-state index is 13.1.